The normalized spacial score (nSPS) is 13.7. The Balaban J connectivity index is 2.17. The summed E-state index contributed by atoms with van der Waals surface area (Å²) in [5.41, 5.74) is 1.40. The molecule has 2 N–H and O–H groups in total. The topological polar surface area (TPSA) is 74.8 Å². The highest BCUT2D eigenvalue weighted by molar-refractivity contribution is 7.92. The third kappa shape index (κ3) is 3.14. The number of aromatic nitrogens is 2. The molecule has 0 radical (unpaired) electrons. The summed E-state index contributed by atoms with van der Waals surface area (Å²) >= 11 is 5.62. The van der Waals surface area contributed by atoms with Crippen LogP contribution < -0.4 is 4.72 Å². The summed E-state index contributed by atoms with van der Waals surface area (Å²) < 4.78 is 26.2. The second-order valence-electron chi connectivity index (χ2n) is 4.31. The minimum Gasteiger partial charge on any atom is -0.284 e. The molecule has 5 nitrogen and oxygen atoms in total. The largest absolute Gasteiger partial charge is 0.284 e. The molecule has 1 atom stereocenters. The van der Waals surface area contributed by atoms with E-state index >= 15 is 0 Å². The van der Waals surface area contributed by atoms with E-state index in [1.165, 1.54) is 0 Å². The van der Waals surface area contributed by atoms with Crippen molar-refractivity contribution in [3.63, 3.8) is 0 Å². The van der Waals surface area contributed by atoms with Gasteiger partial charge in [-0.15, -0.1) is 11.6 Å². The van der Waals surface area contributed by atoms with E-state index in [9.17, 15) is 8.42 Å². The molecular formula is C11H14ClN3O2S. The summed E-state index contributed by atoms with van der Waals surface area (Å²) in [5.74, 6) is 0.253. The minimum atomic E-state index is -3.36. The number of anilines is 1. The van der Waals surface area contributed by atoms with Crippen molar-refractivity contribution in [1.82, 2.24) is 10.2 Å². The number of nitrogens with one attached hydrogen (secondary N) is 2. The molecule has 2 rings (SSSR count). The van der Waals surface area contributed by atoms with Crippen LogP contribution in [0.25, 0.3) is 10.9 Å². The van der Waals surface area contributed by atoms with Gasteiger partial charge in [0.2, 0.25) is 10.0 Å². The van der Waals surface area contributed by atoms with Crippen molar-refractivity contribution in [2.75, 3.05) is 16.4 Å². The number of benzene rings is 1. The SMILES string of the molecule is CC(CCl)CS(=O)(=O)Nc1ccc2[nH]ncc2c1. The Morgan fingerprint density at radius 3 is 3.00 bits per heavy atom. The standard InChI is InChI=1S/C11H14ClN3O2S/c1-8(5-12)7-18(16,17)15-10-2-3-11-9(4-10)6-13-14-11/h2-4,6,8,15H,5,7H2,1H3,(H,13,14). The molecule has 0 aliphatic rings. The first-order chi connectivity index (χ1) is 8.50. The Kier molecular flexibility index (Phi) is 3.77. The number of halogens is 1. The van der Waals surface area contributed by atoms with E-state index in [1.54, 1.807) is 31.3 Å². The number of aromatic amines is 1. The second kappa shape index (κ2) is 5.16. The van der Waals surface area contributed by atoms with E-state index in [1.807, 2.05) is 0 Å². The molecule has 2 aromatic rings. The number of hydrogen-bond donors (Lipinski definition) is 2. The summed E-state index contributed by atoms with van der Waals surface area (Å²) in [6, 6.07) is 5.22. The van der Waals surface area contributed by atoms with Crippen molar-refractivity contribution in [3.8, 4) is 0 Å². The van der Waals surface area contributed by atoms with E-state index in [0.717, 1.165) is 10.9 Å². The number of fused-ring (bicyclic) bond motifs is 1. The molecule has 0 saturated carbocycles. The van der Waals surface area contributed by atoms with Gasteiger partial charge in [-0.2, -0.15) is 5.10 Å². The zero-order valence-electron chi connectivity index (χ0n) is 9.85. The molecule has 0 aliphatic carbocycles. The number of hydrogen-bond acceptors (Lipinski definition) is 3. The molecule has 0 bridgehead atoms. The maximum atomic E-state index is 11.9. The number of rotatable bonds is 5. The van der Waals surface area contributed by atoms with E-state index in [0.29, 0.717) is 11.6 Å². The van der Waals surface area contributed by atoms with E-state index in [4.69, 9.17) is 11.6 Å². The van der Waals surface area contributed by atoms with Crippen molar-refractivity contribution in [2.45, 2.75) is 6.92 Å². The Hall–Kier alpha value is -1.27. The zero-order chi connectivity index (χ0) is 13.2. The lowest BCUT2D eigenvalue weighted by Gasteiger charge is -2.11. The number of nitrogens with zero attached hydrogens (tertiary/aromatic N) is 1. The fourth-order valence-corrected chi connectivity index (χ4v) is 3.32. The summed E-state index contributed by atoms with van der Waals surface area (Å²) in [6.45, 7) is 1.80. The van der Waals surface area contributed by atoms with Gasteiger partial charge in [0.15, 0.2) is 0 Å². The number of alkyl halides is 1. The molecule has 98 valence electrons. The van der Waals surface area contributed by atoms with E-state index in [-0.39, 0.29) is 11.7 Å². The van der Waals surface area contributed by atoms with Crippen LogP contribution in [-0.2, 0) is 10.0 Å². The Labute approximate surface area is 111 Å². The Morgan fingerprint density at radius 1 is 1.50 bits per heavy atom. The van der Waals surface area contributed by atoms with Crippen LogP contribution in [-0.4, -0.2) is 30.2 Å². The van der Waals surface area contributed by atoms with Crippen LogP contribution >= 0.6 is 11.6 Å². The van der Waals surface area contributed by atoms with Gasteiger partial charge in [-0.25, -0.2) is 8.42 Å². The molecule has 0 saturated heterocycles. The van der Waals surface area contributed by atoms with Crippen LogP contribution in [0.5, 0.6) is 0 Å². The maximum Gasteiger partial charge on any atom is 0.233 e. The van der Waals surface area contributed by atoms with Gasteiger partial charge in [0.1, 0.15) is 0 Å². The monoisotopic (exact) mass is 287 g/mol. The molecule has 18 heavy (non-hydrogen) atoms. The van der Waals surface area contributed by atoms with Gasteiger partial charge in [-0.1, -0.05) is 6.92 Å². The first kappa shape index (κ1) is 13.2. The molecule has 0 spiro atoms. The van der Waals surface area contributed by atoms with Crippen LogP contribution in [0, 0.1) is 5.92 Å². The van der Waals surface area contributed by atoms with Crippen molar-refractivity contribution in [2.24, 2.45) is 5.92 Å². The first-order valence-electron chi connectivity index (χ1n) is 5.50. The fraction of sp³-hybridized carbons (Fsp3) is 0.364. The van der Waals surface area contributed by atoms with Crippen molar-refractivity contribution in [3.05, 3.63) is 24.4 Å². The van der Waals surface area contributed by atoms with E-state index in [2.05, 4.69) is 14.9 Å². The average Bonchev–Trinajstić information content (AvgIpc) is 2.74. The lowest BCUT2D eigenvalue weighted by atomic mass is 10.2. The van der Waals surface area contributed by atoms with Gasteiger partial charge in [-0.05, 0) is 24.1 Å². The Morgan fingerprint density at radius 2 is 2.28 bits per heavy atom. The number of H-pyrrole nitrogens is 1. The van der Waals surface area contributed by atoms with Crippen molar-refractivity contribution in [1.29, 1.82) is 0 Å². The maximum absolute atomic E-state index is 11.9. The average molecular weight is 288 g/mol. The van der Waals surface area contributed by atoms with Gasteiger partial charge >= 0.3 is 0 Å². The molecule has 1 unspecified atom stereocenters. The highest BCUT2D eigenvalue weighted by Crippen LogP contribution is 2.18. The summed E-state index contributed by atoms with van der Waals surface area (Å²) in [7, 11) is -3.36. The van der Waals surface area contributed by atoms with Crippen molar-refractivity contribution >= 4 is 38.2 Å². The van der Waals surface area contributed by atoms with Crippen LogP contribution in [0.4, 0.5) is 5.69 Å². The van der Waals surface area contributed by atoms with E-state index < -0.39 is 10.0 Å². The lowest BCUT2D eigenvalue weighted by molar-refractivity contribution is 0.588. The van der Waals surface area contributed by atoms with Crippen LogP contribution in [0.15, 0.2) is 24.4 Å². The van der Waals surface area contributed by atoms with Crippen molar-refractivity contribution < 1.29 is 8.42 Å². The molecule has 0 aliphatic heterocycles. The zero-order valence-corrected chi connectivity index (χ0v) is 11.4. The third-order valence-corrected chi connectivity index (χ3v) is 4.56. The van der Waals surface area contributed by atoms with Crippen LogP contribution in [0.3, 0.4) is 0 Å². The molecule has 0 fully saturated rings. The highest BCUT2D eigenvalue weighted by atomic mass is 35.5. The highest BCUT2D eigenvalue weighted by Gasteiger charge is 2.15. The summed E-state index contributed by atoms with van der Waals surface area (Å²) in [4.78, 5) is 0. The predicted molar refractivity (Wildman–Crippen MR) is 73.4 cm³/mol. The lowest BCUT2D eigenvalue weighted by Crippen LogP contribution is -2.22. The predicted octanol–water partition coefficient (Wildman–Crippen LogP) is 2.18. The van der Waals surface area contributed by atoms with Gasteiger partial charge < -0.3 is 0 Å². The molecule has 1 aromatic heterocycles. The molecule has 0 amide bonds. The van der Waals surface area contributed by atoms with Gasteiger partial charge in [0, 0.05) is 17.0 Å². The van der Waals surface area contributed by atoms with Gasteiger partial charge in [-0.3, -0.25) is 9.82 Å². The molecular weight excluding hydrogens is 274 g/mol. The summed E-state index contributed by atoms with van der Waals surface area (Å²) in [5, 5.41) is 7.55. The summed E-state index contributed by atoms with van der Waals surface area (Å²) in [6.07, 6.45) is 1.65. The second-order valence-corrected chi connectivity index (χ2v) is 6.39. The minimum absolute atomic E-state index is 0.0138. The third-order valence-electron chi connectivity index (χ3n) is 2.48. The number of sulfonamides is 1. The van der Waals surface area contributed by atoms with Crippen LogP contribution in [0.2, 0.25) is 0 Å². The van der Waals surface area contributed by atoms with Gasteiger partial charge in [0.25, 0.3) is 0 Å². The molecule has 7 heteroatoms. The Bertz CT molecular complexity index is 639. The molecule has 1 aromatic carbocycles. The first-order valence-corrected chi connectivity index (χ1v) is 7.68. The van der Waals surface area contributed by atoms with Crippen LogP contribution in [0.1, 0.15) is 6.92 Å². The smallest absolute Gasteiger partial charge is 0.233 e. The quantitative estimate of drug-likeness (QED) is 0.828. The van der Waals surface area contributed by atoms with Gasteiger partial charge in [0.05, 0.1) is 17.5 Å². The molecule has 1 heterocycles. The fourth-order valence-electron chi connectivity index (χ4n) is 1.65.